The minimum atomic E-state index is -0.0365. The number of rotatable bonds is 7. The number of benzene rings is 1. The zero-order chi connectivity index (χ0) is 16.7. The Balaban J connectivity index is 1.81. The molecular formula is C17H24ClN3O2. The van der Waals surface area contributed by atoms with Crippen molar-refractivity contribution in [2.75, 3.05) is 31.5 Å². The van der Waals surface area contributed by atoms with Crippen LogP contribution >= 0.6 is 11.6 Å². The number of halogens is 1. The lowest BCUT2D eigenvalue weighted by Crippen LogP contribution is -2.44. The first-order valence-corrected chi connectivity index (χ1v) is 8.26. The lowest BCUT2D eigenvalue weighted by molar-refractivity contribution is -0.122. The van der Waals surface area contributed by atoms with Crippen LogP contribution in [-0.4, -0.2) is 48.1 Å². The number of anilines is 1. The van der Waals surface area contributed by atoms with Gasteiger partial charge in [0.25, 0.3) is 0 Å². The topological polar surface area (TPSA) is 64.6 Å². The van der Waals surface area contributed by atoms with E-state index in [1.807, 2.05) is 12.1 Å². The van der Waals surface area contributed by atoms with Gasteiger partial charge in [-0.15, -0.1) is 6.58 Å². The minimum absolute atomic E-state index is 0.0365. The molecule has 1 aliphatic rings. The highest BCUT2D eigenvalue weighted by atomic mass is 35.5. The van der Waals surface area contributed by atoms with Gasteiger partial charge in [-0.1, -0.05) is 17.7 Å². The van der Waals surface area contributed by atoms with Crippen molar-refractivity contribution in [2.24, 2.45) is 0 Å². The van der Waals surface area contributed by atoms with E-state index in [0.717, 1.165) is 37.2 Å². The molecule has 1 aromatic carbocycles. The number of piperidine rings is 1. The summed E-state index contributed by atoms with van der Waals surface area (Å²) in [6.45, 7) is 6.25. The number of likely N-dealkylation sites (tertiary alicyclic amines) is 1. The Kier molecular flexibility index (Phi) is 6.89. The molecule has 3 N–H and O–H groups in total. The van der Waals surface area contributed by atoms with Gasteiger partial charge in [-0.2, -0.15) is 0 Å². The van der Waals surface area contributed by atoms with Gasteiger partial charge in [-0.3, -0.25) is 9.69 Å². The van der Waals surface area contributed by atoms with E-state index in [4.69, 9.17) is 11.6 Å². The summed E-state index contributed by atoms with van der Waals surface area (Å²) in [5.74, 6) is 0.0385. The molecule has 0 radical (unpaired) electrons. The Labute approximate surface area is 142 Å². The number of nitrogens with zero attached hydrogens (tertiary/aromatic N) is 1. The molecular weight excluding hydrogens is 314 g/mol. The summed E-state index contributed by atoms with van der Waals surface area (Å²) in [6, 6.07) is 5.85. The van der Waals surface area contributed by atoms with Crippen LogP contribution < -0.4 is 10.6 Å². The zero-order valence-electron chi connectivity index (χ0n) is 13.2. The molecule has 23 heavy (non-hydrogen) atoms. The molecule has 1 aliphatic heterocycles. The fourth-order valence-corrected chi connectivity index (χ4v) is 2.93. The van der Waals surface area contributed by atoms with Crippen LogP contribution in [0, 0.1) is 0 Å². The second kappa shape index (κ2) is 8.91. The Morgan fingerprint density at radius 1 is 1.43 bits per heavy atom. The Hall–Kier alpha value is -1.56. The number of nitrogens with one attached hydrogen (secondary N) is 2. The van der Waals surface area contributed by atoms with E-state index in [2.05, 4.69) is 22.1 Å². The second-order valence-corrected chi connectivity index (χ2v) is 6.18. The first-order chi connectivity index (χ1) is 11.1. The third-order valence-electron chi connectivity index (χ3n) is 4.00. The number of amides is 1. The largest absolute Gasteiger partial charge is 0.392 e. The van der Waals surface area contributed by atoms with Crippen LogP contribution in [0.25, 0.3) is 0 Å². The molecule has 126 valence electrons. The average Bonchev–Trinajstić information content (AvgIpc) is 2.56. The molecule has 0 aromatic heterocycles. The summed E-state index contributed by atoms with van der Waals surface area (Å²) in [5, 5.41) is 16.3. The maximum atomic E-state index is 11.7. The first-order valence-electron chi connectivity index (χ1n) is 7.88. The fourth-order valence-electron chi connectivity index (χ4n) is 2.73. The van der Waals surface area contributed by atoms with Crippen molar-refractivity contribution >= 4 is 23.2 Å². The summed E-state index contributed by atoms with van der Waals surface area (Å²) in [7, 11) is 0. The van der Waals surface area contributed by atoms with Crippen LogP contribution in [0.3, 0.4) is 0 Å². The van der Waals surface area contributed by atoms with Gasteiger partial charge >= 0.3 is 0 Å². The van der Waals surface area contributed by atoms with E-state index in [0.29, 0.717) is 24.2 Å². The Bertz CT molecular complexity index is 543. The number of carbonyl (C=O) groups is 1. The van der Waals surface area contributed by atoms with Crippen LogP contribution in [0.15, 0.2) is 30.9 Å². The van der Waals surface area contributed by atoms with E-state index < -0.39 is 0 Å². The quantitative estimate of drug-likeness (QED) is 0.666. The van der Waals surface area contributed by atoms with Gasteiger partial charge in [-0.05, 0) is 31.0 Å². The molecule has 1 fully saturated rings. The Morgan fingerprint density at radius 2 is 2.17 bits per heavy atom. The highest BCUT2D eigenvalue weighted by molar-refractivity contribution is 6.30. The molecule has 1 heterocycles. The van der Waals surface area contributed by atoms with Crippen LogP contribution in [0.1, 0.15) is 18.4 Å². The van der Waals surface area contributed by atoms with Crippen LogP contribution in [0.2, 0.25) is 5.02 Å². The Morgan fingerprint density at radius 3 is 2.83 bits per heavy atom. The number of aliphatic hydroxyl groups is 1. The summed E-state index contributed by atoms with van der Waals surface area (Å²) in [4.78, 5) is 13.9. The van der Waals surface area contributed by atoms with Gasteiger partial charge in [0.05, 0.1) is 13.2 Å². The maximum absolute atomic E-state index is 11.7. The standard InChI is InChI=1S/C17H24ClN3O2/c1-2-7-19-17(23)11-21-8-5-15(6-9-21)20-16-4-3-14(18)10-13(16)12-22/h2-4,10,15,20,22H,1,5-9,11-12H2,(H,19,23). The smallest absolute Gasteiger partial charge is 0.234 e. The van der Waals surface area contributed by atoms with Crippen molar-refractivity contribution < 1.29 is 9.90 Å². The molecule has 0 atom stereocenters. The third-order valence-corrected chi connectivity index (χ3v) is 4.23. The molecule has 0 saturated carbocycles. The van der Waals surface area contributed by atoms with Gasteiger partial charge < -0.3 is 15.7 Å². The zero-order valence-corrected chi connectivity index (χ0v) is 14.0. The molecule has 1 saturated heterocycles. The predicted octanol–water partition coefficient (Wildman–Crippen LogP) is 2.01. The van der Waals surface area contributed by atoms with Gasteiger partial charge in [0.2, 0.25) is 5.91 Å². The van der Waals surface area contributed by atoms with E-state index in [9.17, 15) is 9.90 Å². The fraction of sp³-hybridized carbons (Fsp3) is 0.471. The maximum Gasteiger partial charge on any atom is 0.234 e. The minimum Gasteiger partial charge on any atom is -0.392 e. The van der Waals surface area contributed by atoms with Crippen LogP contribution in [-0.2, 0) is 11.4 Å². The average molecular weight is 338 g/mol. The van der Waals surface area contributed by atoms with E-state index in [1.165, 1.54) is 0 Å². The van der Waals surface area contributed by atoms with E-state index in [1.54, 1.807) is 12.1 Å². The van der Waals surface area contributed by atoms with Crippen LogP contribution in [0.4, 0.5) is 5.69 Å². The summed E-state index contributed by atoms with van der Waals surface area (Å²) >= 11 is 5.95. The predicted molar refractivity (Wildman–Crippen MR) is 93.7 cm³/mol. The van der Waals surface area contributed by atoms with Crippen molar-refractivity contribution in [1.29, 1.82) is 0 Å². The van der Waals surface area contributed by atoms with Crippen molar-refractivity contribution in [3.8, 4) is 0 Å². The van der Waals surface area contributed by atoms with Gasteiger partial charge in [0.15, 0.2) is 0 Å². The summed E-state index contributed by atoms with van der Waals surface area (Å²) in [5.41, 5.74) is 1.74. The number of hydrogen-bond donors (Lipinski definition) is 3. The summed E-state index contributed by atoms with van der Waals surface area (Å²) < 4.78 is 0. The lowest BCUT2D eigenvalue weighted by atomic mass is 10.0. The van der Waals surface area contributed by atoms with E-state index >= 15 is 0 Å². The molecule has 1 amide bonds. The number of carbonyl (C=O) groups excluding carboxylic acids is 1. The van der Waals surface area contributed by atoms with E-state index in [-0.39, 0.29) is 12.5 Å². The van der Waals surface area contributed by atoms with Crippen LogP contribution in [0.5, 0.6) is 0 Å². The van der Waals surface area contributed by atoms with Gasteiger partial charge in [0, 0.05) is 41.9 Å². The number of hydrogen-bond acceptors (Lipinski definition) is 4. The lowest BCUT2D eigenvalue weighted by Gasteiger charge is -2.32. The van der Waals surface area contributed by atoms with Gasteiger partial charge in [-0.25, -0.2) is 0 Å². The molecule has 1 aromatic rings. The molecule has 6 heteroatoms. The molecule has 0 aliphatic carbocycles. The van der Waals surface area contributed by atoms with Gasteiger partial charge in [0.1, 0.15) is 0 Å². The molecule has 0 unspecified atom stereocenters. The van der Waals surface area contributed by atoms with Crippen molar-refractivity contribution in [2.45, 2.75) is 25.5 Å². The molecule has 0 spiro atoms. The summed E-state index contributed by atoms with van der Waals surface area (Å²) in [6.07, 6.45) is 3.60. The highest BCUT2D eigenvalue weighted by Gasteiger charge is 2.21. The SMILES string of the molecule is C=CCNC(=O)CN1CCC(Nc2ccc(Cl)cc2CO)CC1. The van der Waals surface area contributed by atoms with Crippen molar-refractivity contribution in [3.05, 3.63) is 41.4 Å². The monoisotopic (exact) mass is 337 g/mol. The molecule has 5 nitrogen and oxygen atoms in total. The molecule has 0 bridgehead atoms. The second-order valence-electron chi connectivity index (χ2n) is 5.75. The highest BCUT2D eigenvalue weighted by Crippen LogP contribution is 2.23. The molecule has 2 rings (SSSR count). The van der Waals surface area contributed by atoms with Crippen molar-refractivity contribution in [3.63, 3.8) is 0 Å². The number of aliphatic hydroxyl groups excluding tert-OH is 1. The first kappa shape index (κ1) is 17.8. The van der Waals surface area contributed by atoms with Crippen molar-refractivity contribution in [1.82, 2.24) is 10.2 Å². The normalized spacial score (nSPS) is 16.1. The third kappa shape index (κ3) is 5.53.